The molecule has 1 aliphatic heterocycles. The molecule has 120 valence electrons. The van der Waals surface area contributed by atoms with Crippen LogP contribution < -0.4 is 5.32 Å². The van der Waals surface area contributed by atoms with Crippen LogP contribution in [0.15, 0.2) is 12.3 Å². The summed E-state index contributed by atoms with van der Waals surface area (Å²) < 4.78 is 2.11. The average Bonchev–Trinajstić information content (AvgIpc) is 2.87. The number of rotatable bonds is 7. The van der Waals surface area contributed by atoms with Gasteiger partial charge in [0.2, 0.25) is 0 Å². The molecular weight excluding hydrogens is 262 g/mol. The van der Waals surface area contributed by atoms with Crippen LogP contribution in [-0.2, 0) is 13.1 Å². The highest BCUT2D eigenvalue weighted by molar-refractivity contribution is 5.00. The molecular formula is C16H31N5. The molecule has 0 aliphatic carbocycles. The molecule has 1 saturated heterocycles. The van der Waals surface area contributed by atoms with Crippen molar-refractivity contribution in [3.05, 3.63) is 18.0 Å². The fourth-order valence-electron chi connectivity index (χ4n) is 2.94. The van der Waals surface area contributed by atoms with Crippen LogP contribution in [0.1, 0.15) is 32.9 Å². The van der Waals surface area contributed by atoms with E-state index in [0.717, 1.165) is 26.1 Å². The van der Waals surface area contributed by atoms with Gasteiger partial charge in [0.15, 0.2) is 0 Å². The first-order chi connectivity index (χ1) is 10.0. The molecule has 0 radical (unpaired) electrons. The van der Waals surface area contributed by atoms with Crippen LogP contribution in [0.3, 0.4) is 0 Å². The number of hydrogen-bond acceptors (Lipinski definition) is 4. The molecule has 1 aromatic heterocycles. The highest BCUT2D eigenvalue weighted by atomic mass is 15.3. The second-order valence-electron chi connectivity index (χ2n) is 6.75. The summed E-state index contributed by atoms with van der Waals surface area (Å²) in [5.74, 6) is 0. The molecule has 0 atom stereocenters. The lowest BCUT2D eigenvalue weighted by atomic mass is 10.0. The van der Waals surface area contributed by atoms with Gasteiger partial charge in [-0.3, -0.25) is 9.58 Å². The number of likely N-dealkylation sites (N-methyl/N-ethyl adjacent to an activating group) is 1. The first-order valence-corrected chi connectivity index (χ1v) is 8.18. The van der Waals surface area contributed by atoms with E-state index in [0.29, 0.717) is 0 Å². The molecule has 1 fully saturated rings. The van der Waals surface area contributed by atoms with Gasteiger partial charge < -0.3 is 10.2 Å². The van der Waals surface area contributed by atoms with Crippen LogP contribution in [0, 0.1) is 0 Å². The van der Waals surface area contributed by atoms with E-state index in [9.17, 15) is 0 Å². The van der Waals surface area contributed by atoms with Crippen molar-refractivity contribution in [3.63, 3.8) is 0 Å². The van der Waals surface area contributed by atoms with Crippen molar-refractivity contribution in [3.8, 4) is 0 Å². The zero-order valence-corrected chi connectivity index (χ0v) is 14.1. The Kier molecular flexibility index (Phi) is 5.79. The number of aryl methyl sites for hydroxylation is 1. The molecule has 5 nitrogen and oxygen atoms in total. The van der Waals surface area contributed by atoms with E-state index in [4.69, 9.17) is 0 Å². The quantitative estimate of drug-likeness (QED) is 0.825. The van der Waals surface area contributed by atoms with Crippen molar-refractivity contribution in [1.82, 2.24) is 24.9 Å². The Balaban J connectivity index is 1.80. The van der Waals surface area contributed by atoms with Crippen LogP contribution in [0.2, 0.25) is 0 Å². The maximum atomic E-state index is 4.38. The highest BCUT2D eigenvalue weighted by Crippen LogP contribution is 2.16. The maximum absolute atomic E-state index is 4.38. The van der Waals surface area contributed by atoms with Crippen molar-refractivity contribution >= 4 is 0 Å². The number of nitrogens with zero attached hydrogens (tertiary/aromatic N) is 4. The average molecular weight is 293 g/mol. The molecule has 0 unspecified atom stereocenters. The van der Waals surface area contributed by atoms with Crippen molar-refractivity contribution in [2.45, 2.75) is 45.8 Å². The predicted octanol–water partition coefficient (Wildman–Crippen LogP) is 1.41. The van der Waals surface area contributed by atoms with Crippen LogP contribution in [0.25, 0.3) is 0 Å². The van der Waals surface area contributed by atoms with Crippen LogP contribution >= 0.6 is 0 Å². The highest BCUT2D eigenvalue weighted by Gasteiger charge is 2.28. The Morgan fingerprint density at radius 2 is 1.95 bits per heavy atom. The minimum atomic E-state index is 0.205. The topological polar surface area (TPSA) is 36.3 Å². The fourth-order valence-corrected chi connectivity index (χ4v) is 2.94. The Morgan fingerprint density at radius 3 is 2.62 bits per heavy atom. The van der Waals surface area contributed by atoms with Gasteiger partial charge in [0.05, 0.1) is 5.69 Å². The lowest BCUT2D eigenvalue weighted by molar-refractivity contribution is 0.0617. The second kappa shape index (κ2) is 7.38. The Morgan fingerprint density at radius 1 is 1.24 bits per heavy atom. The lowest BCUT2D eigenvalue weighted by Gasteiger charge is -2.43. The van der Waals surface area contributed by atoms with Gasteiger partial charge in [-0.1, -0.05) is 6.92 Å². The Bertz CT molecular complexity index is 418. The fraction of sp³-hybridized carbons (Fsp3) is 0.812. The van der Waals surface area contributed by atoms with Crippen molar-refractivity contribution in [2.24, 2.45) is 0 Å². The van der Waals surface area contributed by atoms with Crippen molar-refractivity contribution in [2.75, 3.05) is 39.8 Å². The molecule has 1 N–H and O–H groups in total. The standard InChI is InChI=1S/C16H31N5/c1-5-8-21-15(6-7-18-21)13-17-14-16(2,3)20-11-9-19(4)10-12-20/h6-7,17H,5,8-14H2,1-4H3. The molecule has 1 aliphatic rings. The van der Waals surface area contributed by atoms with E-state index in [1.807, 2.05) is 6.20 Å². The summed E-state index contributed by atoms with van der Waals surface area (Å²) in [7, 11) is 2.21. The molecule has 0 bridgehead atoms. The van der Waals surface area contributed by atoms with Crippen molar-refractivity contribution in [1.29, 1.82) is 0 Å². The Labute approximate surface area is 129 Å². The minimum Gasteiger partial charge on any atom is -0.309 e. The minimum absolute atomic E-state index is 0.205. The third-order valence-electron chi connectivity index (χ3n) is 4.46. The summed E-state index contributed by atoms with van der Waals surface area (Å²) >= 11 is 0. The van der Waals surface area contributed by atoms with Crippen LogP contribution in [0.4, 0.5) is 0 Å². The largest absolute Gasteiger partial charge is 0.309 e. The summed E-state index contributed by atoms with van der Waals surface area (Å²) in [4.78, 5) is 5.01. The number of piperazine rings is 1. The molecule has 5 heteroatoms. The third-order valence-corrected chi connectivity index (χ3v) is 4.46. The van der Waals surface area contributed by atoms with Gasteiger partial charge in [-0.25, -0.2) is 0 Å². The number of aromatic nitrogens is 2. The molecule has 0 spiro atoms. The second-order valence-corrected chi connectivity index (χ2v) is 6.75. The summed E-state index contributed by atoms with van der Waals surface area (Å²) in [6, 6.07) is 2.12. The van der Waals surface area contributed by atoms with Gasteiger partial charge >= 0.3 is 0 Å². The van der Waals surface area contributed by atoms with Gasteiger partial charge in [0, 0.05) is 57.5 Å². The normalized spacial score (nSPS) is 18.3. The van der Waals surface area contributed by atoms with Gasteiger partial charge in [-0.05, 0) is 33.4 Å². The summed E-state index contributed by atoms with van der Waals surface area (Å²) in [5, 5.41) is 8.00. The summed E-state index contributed by atoms with van der Waals surface area (Å²) in [5.41, 5.74) is 1.49. The van der Waals surface area contributed by atoms with Gasteiger partial charge in [-0.15, -0.1) is 0 Å². The van der Waals surface area contributed by atoms with Gasteiger partial charge in [0.25, 0.3) is 0 Å². The summed E-state index contributed by atoms with van der Waals surface area (Å²) in [6.07, 6.45) is 3.03. The first-order valence-electron chi connectivity index (χ1n) is 8.18. The molecule has 1 aromatic rings. The molecule has 0 aromatic carbocycles. The van der Waals surface area contributed by atoms with Gasteiger partial charge in [0.1, 0.15) is 0 Å². The molecule has 0 saturated carbocycles. The zero-order valence-electron chi connectivity index (χ0n) is 14.1. The van der Waals surface area contributed by atoms with Crippen LogP contribution in [0.5, 0.6) is 0 Å². The van der Waals surface area contributed by atoms with Crippen molar-refractivity contribution < 1.29 is 0 Å². The molecule has 21 heavy (non-hydrogen) atoms. The number of hydrogen-bond donors (Lipinski definition) is 1. The lowest BCUT2D eigenvalue weighted by Crippen LogP contribution is -2.57. The van der Waals surface area contributed by atoms with Gasteiger partial charge in [-0.2, -0.15) is 5.10 Å². The Hall–Kier alpha value is -0.910. The molecule has 2 heterocycles. The number of nitrogens with one attached hydrogen (secondary N) is 1. The van der Waals surface area contributed by atoms with E-state index in [1.54, 1.807) is 0 Å². The monoisotopic (exact) mass is 293 g/mol. The molecule has 0 amide bonds. The van der Waals surface area contributed by atoms with E-state index >= 15 is 0 Å². The van der Waals surface area contributed by atoms with E-state index in [1.165, 1.54) is 31.9 Å². The molecule has 2 rings (SSSR count). The predicted molar refractivity (Wildman–Crippen MR) is 87.4 cm³/mol. The smallest absolute Gasteiger partial charge is 0.0522 e. The third kappa shape index (κ3) is 4.53. The van der Waals surface area contributed by atoms with E-state index in [-0.39, 0.29) is 5.54 Å². The first kappa shape index (κ1) is 16.5. The van der Waals surface area contributed by atoms with E-state index < -0.39 is 0 Å². The summed E-state index contributed by atoms with van der Waals surface area (Å²) in [6.45, 7) is 14.5. The zero-order chi connectivity index (χ0) is 15.3. The van der Waals surface area contributed by atoms with Crippen LogP contribution in [-0.4, -0.2) is 64.9 Å². The maximum Gasteiger partial charge on any atom is 0.0522 e. The van der Waals surface area contributed by atoms with E-state index in [2.05, 4.69) is 58.8 Å². The SMILES string of the molecule is CCCn1nccc1CNCC(C)(C)N1CCN(C)CC1.